The first-order valence-corrected chi connectivity index (χ1v) is 13.4. The number of imide groups is 1. The van der Waals surface area contributed by atoms with Crippen LogP contribution in [0.2, 0.25) is 0 Å². The van der Waals surface area contributed by atoms with Gasteiger partial charge in [-0.15, -0.1) is 0 Å². The molecule has 1 aliphatic heterocycles. The number of carbonyl (C=O) groups is 4. The van der Waals surface area contributed by atoms with Crippen molar-refractivity contribution in [3.63, 3.8) is 0 Å². The highest BCUT2D eigenvalue weighted by atomic mass is 19.1. The molecule has 0 bridgehead atoms. The third kappa shape index (κ3) is 6.12. The minimum absolute atomic E-state index is 0.0209. The first kappa shape index (κ1) is 30.2. The molecule has 0 radical (unpaired) electrons. The standard InChI is InChI=1S/C32H34FN3O6/c1-30(2,3)41-28(39)34-36(29(40)42-31(4,5)6)32(22-15-12-16-23(33)19-22)25-18-11-10-17-24(25)26(37)35(27(32)38)20-21-13-8-7-9-14-21/h7-19H,20H2,1-6H3,(H,34,39)/t32-/m0/s1. The van der Waals surface area contributed by atoms with E-state index in [-0.39, 0.29) is 23.2 Å². The smallest absolute Gasteiger partial charge is 0.431 e. The zero-order chi connectivity index (χ0) is 30.9. The van der Waals surface area contributed by atoms with Crippen molar-refractivity contribution in [3.05, 3.63) is 107 Å². The van der Waals surface area contributed by atoms with E-state index in [0.717, 1.165) is 11.0 Å². The summed E-state index contributed by atoms with van der Waals surface area (Å²) in [6, 6.07) is 20.1. The Labute approximate surface area is 244 Å². The first-order valence-electron chi connectivity index (χ1n) is 13.4. The second-order valence-corrected chi connectivity index (χ2v) is 11.9. The molecule has 1 aliphatic rings. The predicted octanol–water partition coefficient (Wildman–Crippen LogP) is 5.93. The minimum Gasteiger partial charge on any atom is -0.443 e. The zero-order valence-corrected chi connectivity index (χ0v) is 24.4. The Morgan fingerprint density at radius 1 is 0.857 bits per heavy atom. The van der Waals surface area contributed by atoms with E-state index in [1.54, 1.807) is 84.0 Å². The molecule has 3 aromatic carbocycles. The monoisotopic (exact) mass is 575 g/mol. The molecule has 0 unspecified atom stereocenters. The number of fused-ring (bicyclic) bond motifs is 1. The number of nitrogens with one attached hydrogen (secondary N) is 1. The van der Waals surface area contributed by atoms with Crippen molar-refractivity contribution in [1.82, 2.24) is 15.3 Å². The first-order chi connectivity index (χ1) is 19.6. The Balaban J connectivity index is 2.05. The van der Waals surface area contributed by atoms with Gasteiger partial charge >= 0.3 is 12.2 Å². The van der Waals surface area contributed by atoms with E-state index in [4.69, 9.17) is 9.47 Å². The Morgan fingerprint density at radius 3 is 2.10 bits per heavy atom. The van der Waals surface area contributed by atoms with Gasteiger partial charge in [0.1, 0.15) is 17.0 Å². The molecule has 4 rings (SSSR count). The predicted molar refractivity (Wildman–Crippen MR) is 152 cm³/mol. The molecular weight excluding hydrogens is 541 g/mol. The SMILES string of the molecule is CC(C)(C)OC(=O)NN(C(=O)OC(C)(C)C)[C@]1(c2cccc(F)c2)C(=O)N(Cc2ccccc2)C(=O)c2ccccc21. The fraction of sp³-hybridized carbons (Fsp3) is 0.312. The van der Waals surface area contributed by atoms with Crippen LogP contribution in [0.3, 0.4) is 0 Å². The number of carbonyl (C=O) groups excluding carboxylic acids is 4. The fourth-order valence-corrected chi connectivity index (χ4v) is 4.75. The molecule has 42 heavy (non-hydrogen) atoms. The van der Waals surface area contributed by atoms with Crippen LogP contribution in [0, 0.1) is 5.82 Å². The number of nitrogens with zero attached hydrogens (tertiary/aromatic N) is 2. The topological polar surface area (TPSA) is 105 Å². The molecule has 0 aromatic heterocycles. The van der Waals surface area contributed by atoms with Crippen LogP contribution in [-0.2, 0) is 26.4 Å². The van der Waals surface area contributed by atoms with Gasteiger partial charge in [-0.05, 0) is 70.9 Å². The maximum absolute atomic E-state index is 14.9. The van der Waals surface area contributed by atoms with E-state index in [1.165, 1.54) is 30.3 Å². The van der Waals surface area contributed by atoms with E-state index in [2.05, 4.69) is 5.43 Å². The van der Waals surface area contributed by atoms with Crippen LogP contribution in [0.25, 0.3) is 0 Å². The van der Waals surface area contributed by atoms with Gasteiger partial charge in [0, 0.05) is 11.1 Å². The van der Waals surface area contributed by atoms with Crippen LogP contribution in [-0.4, -0.2) is 45.1 Å². The molecule has 0 saturated heterocycles. The molecule has 3 aromatic rings. The lowest BCUT2D eigenvalue weighted by atomic mass is 9.75. The molecule has 220 valence electrons. The molecule has 0 spiro atoms. The summed E-state index contributed by atoms with van der Waals surface area (Å²) in [6.45, 7) is 9.60. The number of hydrogen-bond acceptors (Lipinski definition) is 6. The molecule has 1 N–H and O–H groups in total. The number of hydrogen-bond donors (Lipinski definition) is 1. The molecule has 0 aliphatic carbocycles. The average molecular weight is 576 g/mol. The highest BCUT2D eigenvalue weighted by Gasteiger charge is 2.59. The summed E-state index contributed by atoms with van der Waals surface area (Å²) in [6.07, 6.45) is -2.20. The van der Waals surface area contributed by atoms with Crippen LogP contribution < -0.4 is 5.43 Å². The van der Waals surface area contributed by atoms with Crippen LogP contribution in [0.1, 0.15) is 68.6 Å². The summed E-state index contributed by atoms with van der Waals surface area (Å²) in [5.74, 6) is -2.22. The molecule has 1 heterocycles. The molecule has 0 saturated carbocycles. The highest BCUT2D eigenvalue weighted by molar-refractivity contribution is 6.15. The van der Waals surface area contributed by atoms with Crippen LogP contribution in [0.5, 0.6) is 0 Å². The van der Waals surface area contributed by atoms with E-state index in [1.807, 2.05) is 0 Å². The van der Waals surface area contributed by atoms with Gasteiger partial charge in [-0.3, -0.25) is 14.5 Å². The fourth-order valence-electron chi connectivity index (χ4n) is 4.75. The van der Waals surface area contributed by atoms with E-state index >= 15 is 0 Å². The Hall–Kier alpha value is -4.73. The number of rotatable bonds is 4. The third-order valence-corrected chi connectivity index (χ3v) is 6.29. The van der Waals surface area contributed by atoms with Crippen molar-refractivity contribution in [3.8, 4) is 0 Å². The number of ether oxygens (including phenoxy) is 2. The van der Waals surface area contributed by atoms with E-state index in [9.17, 15) is 23.6 Å². The Kier molecular flexibility index (Phi) is 8.11. The van der Waals surface area contributed by atoms with Gasteiger partial charge < -0.3 is 9.47 Å². The lowest BCUT2D eigenvalue weighted by Gasteiger charge is -2.47. The second-order valence-electron chi connectivity index (χ2n) is 11.9. The van der Waals surface area contributed by atoms with Crippen molar-refractivity contribution in [2.24, 2.45) is 0 Å². The molecule has 0 fully saturated rings. The number of halogens is 1. The largest absolute Gasteiger partial charge is 0.443 e. The van der Waals surface area contributed by atoms with Gasteiger partial charge in [0.15, 0.2) is 5.54 Å². The van der Waals surface area contributed by atoms with Crippen LogP contribution in [0.4, 0.5) is 14.0 Å². The summed E-state index contributed by atoms with van der Waals surface area (Å²) >= 11 is 0. The van der Waals surface area contributed by atoms with Gasteiger partial charge in [0.05, 0.1) is 6.54 Å². The van der Waals surface area contributed by atoms with Gasteiger partial charge in [-0.2, -0.15) is 5.01 Å². The maximum Gasteiger partial charge on any atom is 0.431 e. The summed E-state index contributed by atoms with van der Waals surface area (Å²) < 4.78 is 26.0. The van der Waals surface area contributed by atoms with Gasteiger partial charge in [0.25, 0.3) is 11.8 Å². The molecule has 9 nitrogen and oxygen atoms in total. The number of amides is 4. The van der Waals surface area contributed by atoms with Crippen molar-refractivity contribution in [2.75, 3.05) is 0 Å². The van der Waals surface area contributed by atoms with Crippen molar-refractivity contribution in [2.45, 2.75) is 64.8 Å². The normalized spacial score (nSPS) is 16.9. The summed E-state index contributed by atoms with van der Waals surface area (Å²) in [4.78, 5) is 56.9. The lowest BCUT2D eigenvalue weighted by molar-refractivity contribution is -0.143. The van der Waals surface area contributed by atoms with Crippen molar-refractivity contribution < 1.29 is 33.0 Å². The Bertz CT molecular complexity index is 1510. The number of benzene rings is 3. The van der Waals surface area contributed by atoms with Crippen molar-refractivity contribution in [1.29, 1.82) is 0 Å². The summed E-state index contributed by atoms with van der Waals surface area (Å²) in [7, 11) is 0. The van der Waals surface area contributed by atoms with Gasteiger partial charge in [-0.1, -0.05) is 60.7 Å². The zero-order valence-electron chi connectivity index (χ0n) is 24.4. The third-order valence-electron chi connectivity index (χ3n) is 6.29. The van der Waals surface area contributed by atoms with Crippen LogP contribution >= 0.6 is 0 Å². The second kappa shape index (κ2) is 11.3. The maximum atomic E-state index is 14.9. The molecule has 10 heteroatoms. The van der Waals surface area contributed by atoms with Gasteiger partial charge in [0.2, 0.25) is 0 Å². The summed E-state index contributed by atoms with van der Waals surface area (Å²) in [5.41, 5.74) is -1.16. The lowest BCUT2D eigenvalue weighted by Crippen LogP contribution is -2.68. The van der Waals surface area contributed by atoms with E-state index < -0.39 is 46.6 Å². The molecule has 4 amide bonds. The Morgan fingerprint density at radius 2 is 1.48 bits per heavy atom. The van der Waals surface area contributed by atoms with E-state index in [0.29, 0.717) is 10.6 Å². The van der Waals surface area contributed by atoms with Crippen molar-refractivity contribution >= 4 is 24.0 Å². The molecule has 1 atom stereocenters. The molecular formula is C32H34FN3O6. The minimum atomic E-state index is -2.28. The average Bonchev–Trinajstić information content (AvgIpc) is 2.89. The number of hydrazine groups is 1. The van der Waals surface area contributed by atoms with Gasteiger partial charge in [-0.25, -0.2) is 19.4 Å². The summed E-state index contributed by atoms with van der Waals surface area (Å²) in [5, 5.41) is 0.701. The highest BCUT2D eigenvalue weighted by Crippen LogP contribution is 2.44. The quantitative estimate of drug-likeness (QED) is 0.306. The van der Waals surface area contributed by atoms with Crippen LogP contribution in [0.15, 0.2) is 78.9 Å².